The van der Waals surface area contributed by atoms with Gasteiger partial charge in [0.15, 0.2) is 0 Å². The molecule has 0 spiro atoms. The fourth-order valence-electron chi connectivity index (χ4n) is 6.52. The third kappa shape index (κ3) is 3.86. The van der Waals surface area contributed by atoms with Crippen LogP contribution in [0.25, 0.3) is 0 Å². The monoisotopic (exact) mass is 403 g/mol. The predicted octanol–water partition coefficient (Wildman–Crippen LogP) is 4.16. The zero-order valence-electron chi connectivity index (χ0n) is 16.4. The van der Waals surface area contributed by atoms with Gasteiger partial charge in [0, 0.05) is 11.1 Å². The molecule has 2 atom stereocenters. The van der Waals surface area contributed by atoms with Gasteiger partial charge < -0.3 is 16.4 Å². The van der Waals surface area contributed by atoms with Crippen LogP contribution in [0.15, 0.2) is 24.3 Å². The number of hydrogen-bond acceptors (Lipinski definition) is 2. The van der Waals surface area contributed by atoms with Crippen LogP contribution in [0.5, 0.6) is 0 Å². The van der Waals surface area contributed by atoms with Crippen molar-refractivity contribution in [2.75, 3.05) is 0 Å². The highest BCUT2D eigenvalue weighted by Gasteiger charge is 2.53. The molecule has 1 aromatic carbocycles. The summed E-state index contributed by atoms with van der Waals surface area (Å²) in [4.78, 5) is 24.3. The standard InChI is InChI=1S/C22H30ClN3O2/c1-13(22-10-14-6-15(11-22)8-16(7-14)12-22)25-20(27)9-19(26-21(24)28)17-4-2-3-5-18(17)23/h2-5,13-16,19H,6-12H2,1H3,(H,25,27)(H3,24,26,28). The van der Waals surface area contributed by atoms with Crippen molar-refractivity contribution in [1.29, 1.82) is 0 Å². The minimum absolute atomic E-state index is 0.0677. The number of nitrogens with one attached hydrogen (secondary N) is 2. The van der Waals surface area contributed by atoms with E-state index in [1.165, 1.54) is 38.5 Å². The van der Waals surface area contributed by atoms with Crippen LogP contribution in [-0.4, -0.2) is 18.0 Å². The first-order valence-corrected chi connectivity index (χ1v) is 10.8. The first kappa shape index (κ1) is 19.6. The molecule has 0 aliphatic heterocycles. The second kappa shape index (κ2) is 7.58. The number of halogens is 1. The van der Waals surface area contributed by atoms with Gasteiger partial charge in [0.2, 0.25) is 5.91 Å². The molecule has 2 unspecified atom stereocenters. The molecule has 4 fully saturated rings. The molecule has 28 heavy (non-hydrogen) atoms. The van der Waals surface area contributed by atoms with Gasteiger partial charge in [-0.2, -0.15) is 0 Å². The van der Waals surface area contributed by atoms with Crippen LogP contribution >= 0.6 is 11.6 Å². The first-order chi connectivity index (χ1) is 13.3. The van der Waals surface area contributed by atoms with Crippen molar-refractivity contribution in [3.63, 3.8) is 0 Å². The summed E-state index contributed by atoms with van der Waals surface area (Å²) in [6.07, 6.45) is 8.02. The van der Waals surface area contributed by atoms with E-state index < -0.39 is 12.1 Å². The topological polar surface area (TPSA) is 84.2 Å². The lowest BCUT2D eigenvalue weighted by Gasteiger charge is -2.59. The highest BCUT2D eigenvalue weighted by atomic mass is 35.5. The summed E-state index contributed by atoms with van der Waals surface area (Å²) in [5.74, 6) is 2.47. The Bertz CT molecular complexity index is 731. The summed E-state index contributed by atoms with van der Waals surface area (Å²) in [6.45, 7) is 2.16. The summed E-state index contributed by atoms with van der Waals surface area (Å²) in [5, 5.41) is 6.44. The molecule has 0 heterocycles. The van der Waals surface area contributed by atoms with Gasteiger partial charge in [0.05, 0.1) is 12.5 Å². The Morgan fingerprint density at radius 3 is 2.21 bits per heavy atom. The van der Waals surface area contributed by atoms with Crippen LogP contribution in [-0.2, 0) is 4.79 Å². The molecular weight excluding hydrogens is 374 g/mol. The van der Waals surface area contributed by atoms with Crippen molar-refractivity contribution in [2.45, 2.75) is 64.0 Å². The van der Waals surface area contributed by atoms with E-state index in [-0.39, 0.29) is 23.8 Å². The molecule has 3 amide bonds. The van der Waals surface area contributed by atoms with Gasteiger partial charge in [-0.15, -0.1) is 0 Å². The Balaban J connectivity index is 1.43. The number of urea groups is 1. The average Bonchev–Trinajstić information content (AvgIpc) is 2.60. The quantitative estimate of drug-likeness (QED) is 0.666. The van der Waals surface area contributed by atoms with E-state index in [2.05, 4.69) is 17.6 Å². The minimum atomic E-state index is -0.660. The van der Waals surface area contributed by atoms with Crippen molar-refractivity contribution < 1.29 is 9.59 Å². The normalized spacial score (nSPS) is 32.6. The van der Waals surface area contributed by atoms with Crippen LogP contribution in [0.2, 0.25) is 5.02 Å². The zero-order chi connectivity index (χ0) is 19.9. The Morgan fingerprint density at radius 2 is 1.68 bits per heavy atom. The van der Waals surface area contributed by atoms with Gasteiger partial charge in [-0.25, -0.2) is 4.79 Å². The maximum atomic E-state index is 12.9. The predicted molar refractivity (Wildman–Crippen MR) is 110 cm³/mol. The molecule has 4 aliphatic rings. The van der Waals surface area contributed by atoms with Crippen LogP contribution in [0.3, 0.4) is 0 Å². The highest BCUT2D eigenvalue weighted by Crippen LogP contribution is 2.61. The summed E-state index contributed by atoms with van der Waals surface area (Å²) >= 11 is 6.28. The SMILES string of the molecule is CC(NC(=O)CC(NC(N)=O)c1ccccc1Cl)C12CC3CC(CC(C3)C1)C2. The molecule has 4 N–H and O–H groups in total. The van der Waals surface area contributed by atoms with E-state index in [0.717, 1.165) is 17.8 Å². The van der Waals surface area contributed by atoms with Crippen molar-refractivity contribution >= 4 is 23.5 Å². The second-order valence-electron chi connectivity index (χ2n) is 9.36. The molecule has 1 aromatic rings. The Labute approximate surface area is 171 Å². The maximum Gasteiger partial charge on any atom is 0.312 e. The van der Waals surface area contributed by atoms with Crippen molar-refractivity contribution in [3.05, 3.63) is 34.9 Å². The van der Waals surface area contributed by atoms with E-state index in [0.29, 0.717) is 10.6 Å². The molecule has 0 radical (unpaired) electrons. The number of nitrogens with two attached hydrogens (primary N) is 1. The van der Waals surface area contributed by atoms with E-state index >= 15 is 0 Å². The summed E-state index contributed by atoms with van der Waals surface area (Å²) in [5.41, 5.74) is 6.30. The second-order valence-corrected chi connectivity index (χ2v) is 9.76. The molecule has 4 aliphatic carbocycles. The number of carbonyl (C=O) groups is 2. The number of carbonyl (C=O) groups excluding carboxylic acids is 2. The van der Waals surface area contributed by atoms with Crippen LogP contribution < -0.4 is 16.4 Å². The van der Waals surface area contributed by atoms with Gasteiger partial charge in [-0.05, 0) is 80.2 Å². The average molecular weight is 404 g/mol. The highest BCUT2D eigenvalue weighted by molar-refractivity contribution is 6.31. The molecule has 5 rings (SSSR count). The smallest absolute Gasteiger partial charge is 0.312 e. The Hall–Kier alpha value is -1.75. The van der Waals surface area contributed by atoms with Gasteiger partial charge >= 0.3 is 6.03 Å². The lowest BCUT2D eigenvalue weighted by Crippen LogP contribution is -2.56. The minimum Gasteiger partial charge on any atom is -0.353 e. The number of benzene rings is 1. The molecule has 6 heteroatoms. The van der Waals surface area contributed by atoms with E-state index in [4.69, 9.17) is 17.3 Å². The number of primary amides is 1. The fraction of sp³-hybridized carbons (Fsp3) is 0.636. The Kier molecular flexibility index (Phi) is 5.30. The third-order valence-electron chi connectivity index (χ3n) is 7.37. The number of hydrogen-bond donors (Lipinski definition) is 3. The zero-order valence-corrected chi connectivity index (χ0v) is 17.2. The number of rotatable bonds is 6. The number of amides is 3. The molecule has 0 aromatic heterocycles. The van der Waals surface area contributed by atoms with E-state index in [1.807, 2.05) is 18.2 Å². The van der Waals surface area contributed by atoms with E-state index in [1.54, 1.807) is 6.07 Å². The van der Waals surface area contributed by atoms with Crippen molar-refractivity contribution in [2.24, 2.45) is 28.9 Å². The van der Waals surface area contributed by atoms with Crippen molar-refractivity contribution in [3.8, 4) is 0 Å². The summed E-state index contributed by atoms with van der Waals surface area (Å²) in [7, 11) is 0. The van der Waals surface area contributed by atoms with Crippen LogP contribution in [0.4, 0.5) is 4.79 Å². The fourth-order valence-corrected chi connectivity index (χ4v) is 6.78. The van der Waals surface area contributed by atoms with Gasteiger partial charge in [0.25, 0.3) is 0 Å². The molecule has 152 valence electrons. The lowest BCUT2D eigenvalue weighted by molar-refractivity contribution is -0.126. The molecular formula is C22H30ClN3O2. The largest absolute Gasteiger partial charge is 0.353 e. The maximum absolute atomic E-state index is 12.9. The molecule has 0 saturated heterocycles. The molecule has 4 bridgehead atoms. The van der Waals surface area contributed by atoms with Crippen molar-refractivity contribution in [1.82, 2.24) is 10.6 Å². The summed E-state index contributed by atoms with van der Waals surface area (Å²) < 4.78 is 0. The van der Waals surface area contributed by atoms with Gasteiger partial charge in [-0.3, -0.25) is 4.79 Å². The van der Waals surface area contributed by atoms with E-state index in [9.17, 15) is 9.59 Å². The van der Waals surface area contributed by atoms with Crippen LogP contribution in [0, 0.1) is 23.2 Å². The van der Waals surface area contributed by atoms with Crippen LogP contribution in [0.1, 0.15) is 63.5 Å². The molecule has 4 saturated carbocycles. The summed E-state index contributed by atoms with van der Waals surface area (Å²) in [6, 6.07) is 6.19. The third-order valence-corrected chi connectivity index (χ3v) is 7.71. The lowest BCUT2D eigenvalue weighted by atomic mass is 9.48. The van der Waals surface area contributed by atoms with Gasteiger partial charge in [0.1, 0.15) is 0 Å². The Morgan fingerprint density at radius 1 is 1.11 bits per heavy atom. The van der Waals surface area contributed by atoms with Gasteiger partial charge in [-0.1, -0.05) is 29.8 Å². The molecule has 5 nitrogen and oxygen atoms in total. The first-order valence-electron chi connectivity index (χ1n) is 10.4.